The molecule has 26 heavy (non-hydrogen) atoms. The van der Waals surface area contributed by atoms with Crippen molar-refractivity contribution in [3.8, 4) is 5.75 Å². The molecule has 2 saturated carbocycles. The zero-order chi connectivity index (χ0) is 18.9. The summed E-state index contributed by atoms with van der Waals surface area (Å²) in [5, 5.41) is 0. The van der Waals surface area contributed by atoms with E-state index in [4.69, 9.17) is 0 Å². The van der Waals surface area contributed by atoms with Crippen molar-refractivity contribution >= 4 is 0 Å². The lowest BCUT2D eigenvalue weighted by Gasteiger charge is -2.36. The molecule has 2 aliphatic carbocycles. The topological polar surface area (TPSA) is 9.23 Å². The molecule has 2 aliphatic rings. The van der Waals surface area contributed by atoms with Crippen LogP contribution in [0.25, 0.3) is 0 Å². The molecule has 0 atom stereocenters. The Hall–Kier alpha value is -1.40. The Kier molecular flexibility index (Phi) is 5.72. The molecule has 0 spiro atoms. The van der Waals surface area contributed by atoms with Gasteiger partial charge >= 0.3 is 6.36 Å². The van der Waals surface area contributed by atoms with Crippen LogP contribution in [0, 0.1) is 23.5 Å². The molecule has 0 amide bonds. The van der Waals surface area contributed by atoms with E-state index in [1.165, 1.54) is 0 Å². The van der Waals surface area contributed by atoms with Crippen LogP contribution in [0.5, 0.6) is 5.75 Å². The smallest absolute Gasteiger partial charge is 0.399 e. The van der Waals surface area contributed by atoms with Gasteiger partial charge in [0.2, 0.25) is 5.75 Å². The highest BCUT2D eigenvalue weighted by Gasteiger charge is 2.35. The van der Waals surface area contributed by atoms with Crippen molar-refractivity contribution in [1.29, 1.82) is 0 Å². The highest BCUT2D eigenvalue weighted by atomic mass is 19.4. The van der Waals surface area contributed by atoms with Crippen LogP contribution in [0.3, 0.4) is 0 Å². The normalized spacial score (nSPS) is 30.2. The van der Waals surface area contributed by atoms with Crippen molar-refractivity contribution in [2.24, 2.45) is 11.8 Å². The van der Waals surface area contributed by atoms with Crippen LogP contribution in [0.4, 0.5) is 26.3 Å². The van der Waals surface area contributed by atoms with Crippen LogP contribution in [0.15, 0.2) is 12.1 Å². The van der Waals surface area contributed by atoms with Crippen LogP contribution in [-0.2, 0) is 0 Å². The first kappa shape index (κ1) is 19.4. The van der Waals surface area contributed by atoms with Crippen LogP contribution in [0.1, 0.15) is 62.8 Å². The molecule has 1 nitrogen and oxygen atoms in total. The van der Waals surface area contributed by atoms with Crippen molar-refractivity contribution in [1.82, 2.24) is 0 Å². The summed E-state index contributed by atoms with van der Waals surface area (Å²) in [6.07, 6.45) is 0.449. The minimum Gasteiger partial charge on any atom is -0.399 e. The minimum absolute atomic E-state index is 0.0762. The van der Waals surface area contributed by atoms with Crippen LogP contribution in [0.2, 0.25) is 0 Å². The van der Waals surface area contributed by atoms with Gasteiger partial charge in [-0.05, 0) is 86.8 Å². The van der Waals surface area contributed by atoms with Crippen molar-refractivity contribution < 1.29 is 31.1 Å². The van der Waals surface area contributed by atoms with E-state index in [9.17, 15) is 26.3 Å². The maximum absolute atomic E-state index is 13.9. The predicted octanol–water partition coefficient (Wildman–Crippen LogP) is 6.67. The first-order chi connectivity index (χ1) is 12.2. The molecular weight excluding hydrogens is 358 g/mol. The summed E-state index contributed by atoms with van der Waals surface area (Å²) >= 11 is 0. The third-order valence-electron chi connectivity index (χ3n) is 5.85. The lowest BCUT2D eigenvalue weighted by Crippen LogP contribution is -2.26. The van der Waals surface area contributed by atoms with E-state index in [1.807, 2.05) is 0 Å². The largest absolute Gasteiger partial charge is 0.573 e. The second kappa shape index (κ2) is 7.69. The number of hydrogen-bond acceptors (Lipinski definition) is 1. The van der Waals surface area contributed by atoms with Gasteiger partial charge in [0.15, 0.2) is 11.6 Å². The average Bonchev–Trinajstić information content (AvgIpc) is 2.58. The van der Waals surface area contributed by atoms with Crippen LogP contribution < -0.4 is 4.74 Å². The van der Waals surface area contributed by atoms with E-state index in [-0.39, 0.29) is 5.92 Å². The Bertz CT molecular complexity index is 590. The summed E-state index contributed by atoms with van der Waals surface area (Å²) < 4.78 is 81.2. The molecule has 2 fully saturated rings. The maximum atomic E-state index is 13.9. The number of alkyl halides is 4. The molecule has 1 aromatic carbocycles. The van der Waals surface area contributed by atoms with Crippen molar-refractivity contribution in [3.63, 3.8) is 0 Å². The second-order valence-corrected chi connectivity index (χ2v) is 7.49. The van der Waals surface area contributed by atoms with Gasteiger partial charge in [-0.1, -0.05) is 0 Å². The fraction of sp³-hybridized carbons (Fsp3) is 0.684. The lowest BCUT2D eigenvalue weighted by molar-refractivity contribution is -0.276. The SMILES string of the molecule is Fc1cc(C2CCC(C3CCC(F)CC3)CC2)cc(F)c1OC(F)(F)F. The highest BCUT2D eigenvalue weighted by Crippen LogP contribution is 2.44. The highest BCUT2D eigenvalue weighted by molar-refractivity contribution is 5.33. The Labute approximate surface area is 148 Å². The van der Waals surface area contributed by atoms with Gasteiger partial charge in [-0.3, -0.25) is 0 Å². The molecule has 0 aliphatic heterocycles. The minimum atomic E-state index is -5.14. The zero-order valence-electron chi connectivity index (χ0n) is 14.3. The molecule has 0 radical (unpaired) electrons. The summed E-state index contributed by atoms with van der Waals surface area (Å²) in [6.45, 7) is 0. The number of benzene rings is 1. The van der Waals surface area contributed by atoms with E-state index in [2.05, 4.69) is 4.74 Å². The van der Waals surface area contributed by atoms with E-state index in [1.54, 1.807) is 0 Å². The number of ether oxygens (including phenoxy) is 1. The summed E-state index contributed by atoms with van der Waals surface area (Å²) in [5.74, 6) is -3.13. The zero-order valence-corrected chi connectivity index (χ0v) is 14.3. The molecule has 0 bridgehead atoms. The van der Waals surface area contributed by atoms with Gasteiger partial charge in [0.25, 0.3) is 0 Å². The Morgan fingerprint density at radius 3 is 1.69 bits per heavy atom. The van der Waals surface area contributed by atoms with Gasteiger partial charge < -0.3 is 4.74 Å². The third kappa shape index (κ3) is 4.65. The number of halogens is 6. The van der Waals surface area contributed by atoms with Crippen molar-refractivity contribution in [2.45, 2.75) is 69.8 Å². The van der Waals surface area contributed by atoms with E-state index >= 15 is 0 Å². The molecule has 0 unspecified atom stereocenters. The molecule has 146 valence electrons. The molecule has 0 N–H and O–H groups in total. The molecule has 7 heteroatoms. The summed E-state index contributed by atoms with van der Waals surface area (Å²) in [5.41, 5.74) is 0.375. The lowest BCUT2D eigenvalue weighted by atomic mass is 9.69. The molecular formula is C19H22F6O. The fourth-order valence-corrected chi connectivity index (χ4v) is 4.50. The van der Waals surface area contributed by atoms with Gasteiger partial charge in [0.05, 0.1) is 0 Å². The first-order valence-corrected chi connectivity index (χ1v) is 9.11. The first-order valence-electron chi connectivity index (χ1n) is 9.11. The van der Waals surface area contributed by atoms with Crippen LogP contribution in [-0.4, -0.2) is 12.5 Å². The third-order valence-corrected chi connectivity index (χ3v) is 5.85. The maximum Gasteiger partial charge on any atom is 0.573 e. The van der Waals surface area contributed by atoms with E-state index in [0.29, 0.717) is 30.2 Å². The monoisotopic (exact) mass is 380 g/mol. The van der Waals surface area contributed by atoms with Gasteiger partial charge in [-0.25, -0.2) is 13.2 Å². The van der Waals surface area contributed by atoms with Crippen molar-refractivity contribution in [3.05, 3.63) is 29.3 Å². The van der Waals surface area contributed by atoms with Gasteiger partial charge in [0.1, 0.15) is 6.17 Å². The molecule has 3 rings (SSSR count). The van der Waals surface area contributed by atoms with Gasteiger partial charge in [-0.15, -0.1) is 13.2 Å². The molecule has 1 aromatic rings. The van der Waals surface area contributed by atoms with Gasteiger partial charge in [-0.2, -0.15) is 0 Å². The summed E-state index contributed by atoms with van der Waals surface area (Å²) in [6, 6.07) is 1.90. The fourth-order valence-electron chi connectivity index (χ4n) is 4.50. The van der Waals surface area contributed by atoms with Gasteiger partial charge in [0, 0.05) is 0 Å². The summed E-state index contributed by atoms with van der Waals surface area (Å²) in [4.78, 5) is 0. The quantitative estimate of drug-likeness (QED) is 0.533. The van der Waals surface area contributed by atoms with E-state index < -0.39 is 29.9 Å². The number of hydrogen-bond donors (Lipinski definition) is 0. The Balaban J connectivity index is 1.62. The predicted molar refractivity (Wildman–Crippen MR) is 84.6 cm³/mol. The van der Waals surface area contributed by atoms with Crippen molar-refractivity contribution in [2.75, 3.05) is 0 Å². The van der Waals surface area contributed by atoms with Crippen LogP contribution >= 0.6 is 0 Å². The Morgan fingerprint density at radius 2 is 1.23 bits per heavy atom. The molecule has 0 saturated heterocycles. The number of rotatable bonds is 3. The van der Waals surface area contributed by atoms with E-state index in [0.717, 1.165) is 50.7 Å². The standard InChI is InChI=1S/C19H22F6O/c20-15-7-5-12(6-8-15)11-1-3-13(4-2-11)14-9-16(21)18(17(22)10-14)26-19(23,24)25/h9-13,15H,1-8H2. The summed E-state index contributed by atoms with van der Waals surface area (Å²) in [7, 11) is 0. The second-order valence-electron chi connectivity index (χ2n) is 7.49. The average molecular weight is 380 g/mol. The molecule has 0 heterocycles. The Morgan fingerprint density at radius 1 is 0.769 bits per heavy atom. The molecule has 0 aromatic heterocycles.